The van der Waals surface area contributed by atoms with Crippen LogP contribution in [0.5, 0.6) is 5.75 Å². The highest BCUT2D eigenvalue weighted by Gasteiger charge is 2.22. The quantitative estimate of drug-likeness (QED) is 0.592. The van der Waals surface area contributed by atoms with E-state index < -0.39 is 10.0 Å². The minimum Gasteiger partial charge on any atom is -0.497 e. The van der Waals surface area contributed by atoms with Crippen LogP contribution in [-0.2, 0) is 21.4 Å². The molecule has 0 aliphatic carbocycles. The van der Waals surface area contributed by atoms with Crippen molar-refractivity contribution < 1.29 is 17.9 Å². The largest absolute Gasteiger partial charge is 0.497 e. The van der Waals surface area contributed by atoms with Crippen molar-refractivity contribution in [1.82, 2.24) is 9.21 Å². The van der Waals surface area contributed by atoms with Gasteiger partial charge in [-0.15, -0.1) is 0 Å². The van der Waals surface area contributed by atoms with Gasteiger partial charge in [0.15, 0.2) is 0 Å². The van der Waals surface area contributed by atoms with E-state index in [0.29, 0.717) is 25.1 Å². The van der Waals surface area contributed by atoms with Crippen LogP contribution in [0.1, 0.15) is 32.3 Å². The molecule has 0 fully saturated rings. The van der Waals surface area contributed by atoms with E-state index in [1.165, 1.54) is 30.6 Å². The zero-order chi connectivity index (χ0) is 21.4. The third kappa shape index (κ3) is 6.30. The maximum Gasteiger partial charge on any atom is 0.242 e. The number of nitrogens with zero attached hydrogens (tertiary/aromatic N) is 2. The van der Waals surface area contributed by atoms with Crippen LogP contribution in [0.2, 0.25) is 0 Å². The average molecular weight is 419 g/mol. The fourth-order valence-electron chi connectivity index (χ4n) is 2.98. The second kappa shape index (κ2) is 10.4. The standard InChI is InChI=1S/C22H30N2O4S/c1-18(2)24(17-19-9-6-5-7-10-19)22(25)11-8-16-23(3)29(26,27)21-14-12-20(28-4)13-15-21/h5-7,9-10,12-15,18H,8,11,16-17H2,1-4H3. The van der Waals surface area contributed by atoms with Gasteiger partial charge in [0.05, 0.1) is 12.0 Å². The van der Waals surface area contributed by atoms with Crippen LogP contribution >= 0.6 is 0 Å². The Hall–Kier alpha value is -2.38. The lowest BCUT2D eigenvalue weighted by Crippen LogP contribution is -2.37. The Morgan fingerprint density at radius 3 is 2.21 bits per heavy atom. The number of benzene rings is 2. The van der Waals surface area contributed by atoms with Gasteiger partial charge in [-0.25, -0.2) is 12.7 Å². The van der Waals surface area contributed by atoms with Gasteiger partial charge in [-0.1, -0.05) is 30.3 Å². The number of carbonyl (C=O) groups excluding carboxylic acids is 1. The van der Waals surface area contributed by atoms with E-state index in [2.05, 4.69) is 0 Å². The molecule has 0 bridgehead atoms. The zero-order valence-electron chi connectivity index (χ0n) is 17.5. The van der Waals surface area contributed by atoms with Gasteiger partial charge >= 0.3 is 0 Å². The molecule has 1 amide bonds. The van der Waals surface area contributed by atoms with E-state index in [0.717, 1.165) is 5.56 Å². The molecule has 0 spiro atoms. The molecule has 0 N–H and O–H groups in total. The van der Waals surface area contributed by atoms with Crippen molar-refractivity contribution in [2.45, 2.75) is 44.2 Å². The summed E-state index contributed by atoms with van der Waals surface area (Å²) in [5.74, 6) is 0.628. The summed E-state index contributed by atoms with van der Waals surface area (Å²) in [4.78, 5) is 14.7. The molecular weight excluding hydrogens is 388 g/mol. The van der Waals surface area contributed by atoms with Crippen LogP contribution in [0.25, 0.3) is 0 Å². The number of rotatable bonds is 10. The fraction of sp³-hybridized carbons (Fsp3) is 0.409. The molecule has 2 aromatic rings. The first kappa shape index (κ1) is 22.9. The SMILES string of the molecule is COc1ccc(S(=O)(=O)N(C)CCCC(=O)N(Cc2ccccc2)C(C)C)cc1. The second-order valence-electron chi connectivity index (χ2n) is 7.21. The van der Waals surface area contributed by atoms with Crippen molar-refractivity contribution in [3.63, 3.8) is 0 Å². The predicted octanol–water partition coefficient (Wildman–Crippen LogP) is 3.53. The first-order valence-corrected chi connectivity index (χ1v) is 11.1. The van der Waals surface area contributed by atoms with Gasteiger partial charge in [-0.2, -0.15) is 0 Å². The summed E-state index contributed by atoms with van der Waals surface area (Å²) in [6.07, 6.45) is 0.760. The minimum absolute atomic E-state index is 0.0269. The van der Waals surface area contributed by atoms with E-state index in [9.17, 15) is 13.2 Å². The molecule has 2 rings (SSSR count). The molecule has 0 saturated carbocycles. The molecule has 7 heteroatoms. The Morgan fingerprint density at radius 2 is 1.66 bits per heavy atom. The summed E-state index contributed by atoms with van der Waals surface area (Å²) in [6, 6.07) is 16.2. The van der Waals surface area contributed by atoms with Crippen molar-refractivity contribution >= 4 is 15.9 Å². The van der Waals surface area contributed by atoms with Crippen molar-refractivity contribution in [3.8, 4) is 5.75 Å². The van der Waals surface area contributed by atoms with Crippen LogP contribution in [0.3, 0.4) is 0 Å². The van der Waals surface area contributed by atoms with Crippen LogP contribution < -0.4 is 4.74 Å². The number of carbonyl (C=O) groups is 1. The molecule has 0 atom stereocenters. The van der Waals surface area contributed by atoms with Crippen molar-refractivity contribution in [2.75, 3.05) is 20.7 Å². The normalized spacial score (nSPS) is 11.7. The third-order valence-electron chi connectivity index (χ3n) is 4.77. The van der Waals surface area contributed by atoms with Gasteiger partial charge in [0.1, 0.15) is 5.75 Å². The lowest BCUT2D eigenvalue weighted by molar-refractivity contribution is -0.133. The maximum atomic E-state index is 12.7. The molecule has 0 heterocycles. The van der Waals surface area contributed by atoms with Crippen LogP contribution in [0.4, 0.5) is 0 Å². The molecule has 6 nitrogen and oxygen atoms in total. The first-order chi connectivity index (χ1) is 13.8. The van der Waals surface area contributed by atoms with E-state index in [4.69, 9.17) is 4.74 Å². The highest BCUT2D eigenvalue weighted by molar-refractivity contribution is 7.89. The number of ether oxygens (including phenoxy) is 1. The van der Waals surface area contributed by atoms with Crippen molar-refractivity contribution in [2.24, 2.45) is 0 Å². The van der Waals surface area contributed by atoms with E-state index in [1.54, 1.807) is 12.1 Å². The monoisotopic (exact) mass is 418 g/mol. The van der Waals surface area contributed by atoms with Crippen LogP contribution in [-0.4, -0.2) is 50.3 Å². The Labute approximate surface area is 174 Å². The lowest BCUT2D eigenvalue weighted by Gasteiger charge is -2.27. The molecule has 29 heavy (non-hydrogen) atoms. The Morgan fingerprint density at radius 1 is 1.03 bits per heavy atom. The topological polar surface area (TPSA) is 66.9 Å². The highest BCUT2D eigenvalue weighted by atomic mass is 32.2. The molecule has 2 aromatic carbocycles. The van der Waals surface area contributed by atoms with Gasteiger partial charge in [0, 0.05) is 32.6 Å². The van der Waals surface area contributed by atoms with E-state index in [-0.39, 0.29) is 23.4 Å². The van der Waals surface area contributed by atoms with E-state index in [1.807, 2.05) is 49.1 Å². The van der Waals surface area contributed by atoms with Gasteiger partial charge in [-0.3, -0.25) is 4.79 Å². The molecule has 0 radical (unpaired) electrons. The Bertz CT molecular complexity index is 881. The molecule has 158 valence electrons. The summed E-state index contributed by atoms with van der Waals surface area (Å²) in [5.41, 5.74) is 1.08. The smallest absolute Gasteiger partial charge is 0.242 e. The number of methoxy groups -OCH3 is 1. The summed E-state index contributed by atoms with van der Waals surface area (Å²) < 4.78 is 31.7. The van der Waals surface area contributed by atoms with E-state index >= 15 is 0 Å². The number of hydrogen-bond acceptors (Lipinski definition) is 4. The average Bonchev–Trinajstić information content (AvgIpc) is 2.72. The third-order valence-corrected chi connectivity index (χ3v) is 6.64. The molecule has 0 aliphatic heterocycles. The molecular formula is C22H30N2O4S. The minimum atomic E-state index is -3.59. The fourth-order valence-corrected chi connectivity index (χ4v) is 4.19. The Balaban J connectivity index is 1.93. The summed E-state index contributed by atoms with van der Waals surface area (Å²) in [5, 5.41) is 0. The van der Waals surface area contributed by atoms with Gasteiger partial charge in [0.2, 0.25) is 15.9 Å². The zero-order valence-corrected chi connectivity index (χ0v) is 18.4. The molecule has 0 aliphatic rings. The lowest BCUT2D eigenvalue weighted by atomic mass is 10.1. The summed E-state index contributed by atoms with van der Waals surface area (Å²) in [7, 11) is -0.526. The highest BCUT2D eigenvalue weighted by Crippen LogP contribution is 2.19. The Kier molecular flexibility index (Phi) is 8.22. The first-order valence-electron chi connectivity index (χ1n) is 9.69. The maximum absolute atomic E-state index is 12.7. The summed E-state index contributed by atoms with van der Waals surface area (Å²) in [6.45, 7) is 4.80. The molecule has 0 unspecified atom stereocenters. The van der Waals surface area contributed by atoms with Gasteiger partial charge < -0.3 is 9.64 Å². The predicted molar refractivity (Wildman–Crippen MR) is 114 cm³/mol. The van der Waals surface area contributed by atoms with Gasteiger partial charge in [0.25, 0.3) is 0 Å². The second-order valence-corrected chi connectivity index (χ2v) is 9.25. The number of sulfonamides is 1. The van der Waals surface area contributed by atoms with Gasteiger partial charge in [-0.05, 0) is 50.1 Å². The summed E-state index contributed by atoms with van der Waals surface area (Å²) >= 11 is 0. The van der Waals surface area contributed by atoms with Crippen LogP contribution in [0.15, 0.2) is 59.5 Å². The number of amides is 1. The van der Waals surface area contributed by atoms with Crippen LogP contribution in [0, 0.1) is 0 Å². The van der Waals surface area contributed by atoms with Crippen molar-refractivity contribution in [3.05, 3.63) is 60.2 Å². The van der Waals surface area contributed by atoms with Crippen molar-refractivity contribution in [1.29, 1.82) is 0 Å². The molecule has 0 aromatic heterocycles. The number of hydrogen-bond donors (Lipinski definition) is 0. The molecule has 0 saturated heterocycles.